The average Bonchev–Trinajstić information content (AvgIpc) is 2.84. The van der Waals surface area contributed by atoms with E-state index in [-0.39, 0.29) is 5.75 Å². The topological polar surface area (TPSA) is 216 Å². The zero-order valence-electron chi connectivity index (χ0n) is 17.8. The Balaban J connectivity index is 1.56. The summed E-state index contributed by atoms with van der Waals surface area (Å²) in [5, 5.41) is 77.4. The third-order valence-corrected chi connectivity index (χ3v) is 5.47. The molecule has 0 amide bonds. The van der Waals surface area contributed by atoms with Gasteiger partial charge in [0.2, 0.25) is 12.6 Å². The van der Waals surface area contributed by atoms with Crippen molar-refractivity contribution in [3.63, 3.8) is 0 Å². The monoisotopic (exact) mass is 488 g/mol. The van der Waals surface area contributed by atoms with Crippen molar-refractivity contribution < 1.29 is 64.6 Å². The number of aliphatic hydroxyl groups is 8. The molecule has 13 heteroatoms. The van der Waals surface area contributed by atoms with E-state index in [1.54, 1.807) is 0 Å². The molecule has 34 heavy (non-hydrogen) atoms. The number of hydrogen-bond acceptors (Lipinski definition) is 13. The van der Waals surface area contributed by atoms with Crippen molar-refractivity contribution in [2.45, 2.75) is 61.4 Å². The van der Waals surface area contributed by atoms with Crippen LogP contribution in [-0.4, -0.2) is 121 Å². The van der Waals surface area contributed by atoms with Crippen LogP contribution in [0.1, 0.15) is 5.56 Å². The maximum atomic E-state index is 12.1. The van der Waals surface area contributed by atoms with Crippen LogP contribution in [0.25, 0.3) is 6.08 Å². The molecule has 2 aliphatic heterocycles. The van der Waals surface area contributed by atoms with Gasteiger partial charge in [-0.15, -0.1) is 0 Å². The summed E-state index contributed by atoms with van der Waals surface area (Å²) in [6, 6.07) is 6.03. The predicted molar refractivity (Wildman–Crippen MR) is 110 cm³/mol. The molecule has 1 aromatic rings. The van der Waals surface area contributed by atoms with Crippen LogP contribution in [-0.2, 0) is 19.0 Å². The van der Waals surface area contributed by atoms with Gasteiger partial charge in [-0.2, -0.15) is 0 Å². The molecule has 2 heterocycles. The number of benzene rings is 1. The molecular formula is C21H28O13. The minimum atomic E-state index is -1.71. The van der Waals surface area contributed by atoms with Crippen molar-refractivity contribution in [1.29, 1.82) is 0 Å². The van der Waals surface area contributed by atoms with Gasteiger partial charge in [-0.1, -0.05) is 12.1 Å². The molecule has 1 aromatic carbocycles. The smallest absolute Gasteiger partial charge is 0.333 e. The van der Waals surface area contributed by atoms with Crippen LogP contribution in [0.4, 0.5) is 0 Å². The Bertz CT molecular complexity index is 826. The molecule has 13 nitrogen and oxygen atoms in total. The number of aliphatic hydroxyl groups excluding tert-OH is 8. The van der Waals surface area contributed by atoms with E-state index in [0.717, 1.165) is 6.08 Å². The van der Waals surface area contributed by atoms with Crippen molar-refractivity contribution in [1.82, 2.24) is 0 Å². The summed E-state index contributed by atoms with van der Waals surface area (Å²) in [5.41, 5.74) is 0.520. The number of esters is 1. The van der Waals surface area contributed by atoms with Crippen LogP contribution in [0.15, 0.2) is 30.3 Å². The van der Waals surface area contributed by atoms with Crippen molar-refractivity contribution in [3.05, 3.63) is 35.9 Å². The molecular weight excluding hydrogens is 460 g/mol. The van der Waals surface area contributed by atoms with Crippen molar-refractivity contribution in [2.24, 2.45) is 0 Å². The molecule has 0 bridgehead atoms. The summed E-state index contributed by atoms with van der Waals surface area (Å²) in [6.07, 6.45) is -12.5. The van der Waals surface area contributed by atoms with Crippen molar-refractivity contribution in [2.75, 3.05) is 13.2 Å². The Kier molecular flexibility index (Phi) is 8.95. The Hall–Kier alpha value is -2.17. The van der Waals surface area contributed by atoms with Crippen LogP contribution in [0, 0.1) is 0 Å². The first kappa shape index (κ1) is 26.4. The lowest BCUT2D eigenvalue weighted by Crippen LogP contribution is -2.60. The third-order valence-electron chi connectivity index (χ3n) is 5.47. The van der Waals surface area contributed by atoms with Crippen LogP contribution < -0.4 is 4.74 Å². The molecule has 0 spiro atoms. The minimum Gasteiger partial charge on any atom is -0.462 e. The lowest BCUT2D eigenvalue weighted by Gasteiger charge is -2.39. The quantitative estimate of drug-likeness (QED) is 0.137. The number of carbonyl (C=O) groups excluding carboxylic acids is 1. The van der Waals surface area contributed by atoms with Gasteiger partial charge in [-0.25, -0.2) is 4.79 Å². The SMILES string of the molecule is O=C(/C=C/c1ccc(O[C@@H]2O[C@H](CO)[C@@H](O)[C@H](O)[C@H]2O)cc1)O[C@@H]1O[C@H](CO)[C@@H](O)[C@H](O)[C@H]1O. The molecule has 8 N–H and O–H groups in total. The van der Waals surface area contributed by atoms with Crippen molar-refractivity contribution in [3.8, 4) is 5.75 Å². The van der Waals surface area contributed by atoms with Crippen LogP contribution in [0.3, 0.4) is 0 Å². The molecule has 2 aliphatic rings. The molecule has 0 aliphatic carbocycles. The van der Waals surface area contributed by atoms with E-state index in [1.165, 1.54) is 30.3 Å². The summed E-state index contributed by atoms with van der Waals surface area (Å²) < 4.78 is 20.8. The summed E-state index contributed by atoms with van der Waals surface area (Å²) in [6.45, 7) is -1.25. The lowest BCUT2D eigenvalue weighted by atomic mass is 9.99. The second-order valence-corrected chi connectivity index (χ2v) is 7.85. The minimum absolute atomic E-state index is 0.227. The van der Waals surface area contributed by atoms with Gasteiger partial charge in [-0.05, 0) is 23.8 Å². The van der Waals surface area contributed by atoms with E-state index in [9.17, 15) is 40.5 Å². The van der Waals surface area contributed by atoms with E-state index >= 15 is 0 Å². The van der Waals surface area contributed by atoms with Gasteiger partial charge in [-0.3, -0.25) is 0 Å². The fraction of sp³-hybridized carbons (Fsp3) is 0.571. The first-order valence-electron chi connectivity index (χ1n) is 10.4. The normalized spacial score (nSPS) is 38.6. The largest absolute Gasteiger partial charge is 0.462 e. The first-order chi connectivity index (χ1) is 16.2. The molecule has 0 saturated carbocycles. The summed E-state index contributed by atoms with van der Waals surface area (Å²) in [4.78, 5) is 12.1. The zero-order chi connectivity index (χ0) is 25.0. The summed E-state index contributed by atoms with van der Waals surface area (Å²) in [5.74, 6) is -0.698. The maximum absolute atomic E-state index is 12.1. The maximum Gasteiger partial charge on any atom is 0.333 e. The molecule has 3 rings (SSSR count). The number of rotatable bonds is 7. The summed E-state index contributed by atoms with van der Waals surface area (Å²) in [7, 11) is 0. The Morgan fingerprint density at radius 2 is 1.26 bits per heavy atom. The van der Waals surface area contributed by atoms with Gasteiger partial charge in [0.25, 0.3) is 0 Å². The van der Waals surface area contributed by atoms with E-state index in [4.69, 9.17) is 24.1 Å². The van der Waals surface area contributed by atoms with Gasteiger partial charge in [0.05, 0.1) is 13.2 Å². The molecule has 2 saturated heterocycles. The van der Waals surface area contributed by atoms with Gasteiger partial charge in [0.15, 0.2) is 0 Å². The lowest BCUT2D eigenvalue weighted by molar-refractivity contribution is -0.291. The van der Waals surface area contributed by atoms with Gasteiger partial charge in [0, 0.05) is 6.08 Å². The van der Waals surface area contributed by atoms with Gasteiger partial charge < -0.3 is 59.8 Å². The van der Waals surface area contributed by atoms with E-state index < -0.39 is 80.6 Å². The second kappa shape index (κ2) is 11.5. The van der Waals surface area contributed by atoms with Crippen molar-refractivity contribution >= 4 is 12.0 Å². The van der Waals surface area contributed by atoms with E-state index in [2.05, 4.69) is 0 Å². The van der Waals surface area contributed by atoms with E-state index in [1.807, 2.05) is 0 Å². The fourth-order valence-corrected chi connectivity index (χ4v) is 3.44. The Morgan fingerprint density at radius 1 is 0.765 bits per heavy atom. The highest BCUT2D eigenvalue weighted by Gasteiger charge is 2.46. The Labute approximate surface area is 193 Å². The fourth-order valence-electron chi connectivity index (χ4n) is 3.44. The Morgan fingerprint density at radius 3 is 1.79 bits per heavy atom. The zero-order valence-corrected chi connectivity index (χ0v) is 17.8. The molecule has 0 unspecified atom stereocenters. The summed E-state index contributed by atoms with van der Waals surface area (Å²) >= 11 is 0. The van der Waals surface area contributed by atoms with Crippen LogP contribution >= 0.6 is 0 Å². The average molecular weight is 488 g/mol. The standard InChI is InChI=1S/C21H28O13/c22-7-11-14(25)16(27)18(29)20(32-11)31-10-4-1-9(2-5-10)3-6-13(24)34-21-19(30)17(28)15(26)12(8-23)33-21/h1-6,11-12,14-23,25-30H,7-8H2/b6-3+/t11-,12-,14-,15-,16+,17+,18-,19-,20-,21+/m1/s1. The number of hydrogen-bond donors (Lipinski definition) is 8. The van der Waals surface area contributed by atoms with Gasteiger partial charge in [0.1, 0.15) is 54.6 Å². The van der Waals surface area contributed by atoms with Crippen LogP contribution in [0.2, 0.25) is 0 Å². The molecule has 0 aromatic heterocycles. The first-order valence-corrected chi connectivity index (χ1v) is 10.4. The highest BCUT2D eigenvalue weighted by molar-refractivity contribution is 5.87. The van der Waals surface area contributed by atoms with Crippen LogP contribution in [0.5, 0.6) is 5.75 Å². The molecule has 190 valence electrons. The third kappa shape index (κ3) is 5.90. The molecule has 10 atom stereocenters. The number of carbonyl (C=O) groups is 1. The highest BCUT2D eigenvalue weighted by atomic mass is 16.7. The highest BCUT2D eigenvalue weighted by Crippen LogP contribution is 2.25. The van der Waals surface area contributed by atoms with E-state index in [0.29, 0.717) is 5.56 Å². The molecule has 2 fully saturated rings. The predicted octanol–water partition coefficient (Wildman–Crippen LogP) is -3.78. The second-order valence-electron chi connectivity index (χ2n) is 7.85. The number of ether oxygens (including phenoxy) is 4. The van der Waals surface area contributed by atoms with Gasteiger partial charge >= 0.3 is 5.97 Å². The molecule has 0 radical (unpaired) electrons.